The fraction of sp³-hybridized carbons (Fsp3) is 0.0182. The second-order valence-corrected chi connectivity index (χ2v) is 15.2. The molecule has 0 radical (unpaired) electrons. The molecule has 1 aliphatic carbocycles. The zero-order chi connectivity index (χ0) is 37.5. The number of furan rings is 1. The molecule has 2 nitrogen and oxygen atoms in total. The van der Waals surface area contributed by atoms with E-state index in [1.807, 2.05) is 6.07 Å². The lowest BCUT2D eigenvalue weighted by molar-refractivity contribution is 0.669. The summed E-state index contributed by atoms with van der Waals surface area (Å²) in [7, 11) is 0. The smallest absolute Gasteiger partial charge is 0.159 e. The molecule has 0 spiro atoms. The number of nitrogens with zero attached hydrogens (tertiary/aromatic N) is 1. The molecule has 0 amide bonds. The minimum absolute atomic E-state index is 0.473. The van der Waals surface area contributed by atoms with Gasteiger partial charge in [-0.2, -0.15) is 0 Å². The van der Waals surface area contributed by atoms with Crippen molar-refractivity contribution in [2.75, 3.05) is 4.90 Å². The molecular weight excluding hydrogens is 691 g/mol. The molecule has 0 fully saturated rings. The van der Waals surface area contributed by atoms with Crippen molar-refractivity contribution in [1.82, 2.24) is 0 Å². The third-order valence-corrected chi connectivity index (χ3v) is 12.3. The largest absolute Gasteiger partial charge is 0.454 e. The molecule has 1 heterocycles. The predicted octanol–water partition coefficient (Wildman–Crippen LogP) is 14.9. The van der Waals surface area contributed by atoms with E-state index in [1.54, 1.807) is 0 Å². The van der Waals surface area contributed by atoms with E-state index in [-0.39, 0.29) is 0 Å². The van der Waals surface area contributed by atoms with E-state index in [9.17, 15) is 0 Å². The number of rotatable bonds is 5. The Labute approximate surface area is 330 Å². The maximum Gasteiger partial charge on any atom is 0.159 e. The van der Waals surface area contributed by atoms with Crippen LogP contribution in [0.2, 0.25) is 0 Å². The molecule has 1 aliphatic rings. The first kappa shape index (κ1) is 31.9. The van der Waals surface area contributed by atoms with Crippen molar-refractivity contribution >= 4 is 71.3 Å². The van der Waals surface area contributed by atoms with E-state index in [1.165, 1.54) is 65.7 Å². The summed E-state index contributed by atoms with van der Waals surface area (Å²) in [6.07, 6.45) is 0. The molecule has 57 heavy (non-hydrogen) atoms. The fourth-order valence-electron chi connectivity index (χ4n) is 9.94. The normalized spacial score (nSPS) is 13.1. The lowest BCUT2D eigenvalue weighted by Crippen LogP contribution is -2.28. The van der Waals surface area contributed by atoms with Crippen molar-refractivity contribution in [3.05, 3.63) is 235 Å². The predicted molar refractivity (Wildman–Crippen MR) is 238 cm³/mol. The Balaban J connectivity index is 1.12. The Morgan fingerprint density at radius 1 is 0.333 bits per heavy atom. The van der Waals surface area contributed by atoms with Crippen LogP contribution in [-0.4, -0.2) is 0 Å². The molecule has 0 N–H and O–H groups in total. The molecular formula is C55H35NO. The van der Waals surface area contributed by atoms with E-state index in [0.717, 1.165) is 39.0 Å². The van der Waals surface area contributed by atoms with Crippen LogP contribution in [-0.2, 0) is 5.41 Å². The molecule has 2 heteroatoms. The zero-order valence-electron chi connectivity index (χ0n) is 31.1. The number of fused-ring (bicyclic) bond motifs is 12. The monoisotopic (exact) mass is 725 g/mol. The van der Waals surface area contributed by atoms with E-state index in [0.29, 0.717) is 0 Å². The summed E-state index contributed by atoms with van der Waals surface area (Å²) in [6.45, 7) is 0. The van der Waals surface area contributed by atoms with Crippen molar-refractivity contribution in [3.8, 4) is 11.1 Å². The van der Waals surface area contributed by atoms with Gasteiger partial charge in [0, 0.05) is 22.1 Å². The summed E-state index contributed by atoms with van der Waals surface area (Å²) in [5.41, 5.74) is 12.1. The first-order valence-electron chi connectivity index (χ1n) is 19.7. The van der Waals surface area contributed by atoms with Gasteiger partial charge >= 0.3 is 0 Å². The lowest BCUT2D eigenvalue weighted by atomic mass is 9.68. The summed E-state index contributed by atoms with van der Waals surface area (Å²) in [4.78, 5) is 2.38. The number of hydrogen-bond donors (Lipinski definition) is 0. The molecule has 12 rings (SSSR count). The molecule has 0 atom stereocenters. The Kier molecular flexibility index (Phi) is 6.88. The first-order chi connectivity index (χ1) is 28.3. The maximum atomic E-state index is 6.74. The highest BCUT2D eigenvalue weighted by Crippen LogP contribution is 2.56. The van der Waals surface area contributed by atoms with Gasteiger partial charge in [-0.25, -0.2) is 0 Å². The number of para-hydroxylation sites is 2. The topological polar surface area (TPSA) is 16.4 Å². The van der Waals surface area contributed by atoms with Crippen molar-refractivity contribution < 1.29 is 4.42 Å². The Bertz CT molecular complexity index is 3280. The van der Waals surface area contributed by atoms with Gasteiger partial charge in [-0.05, 0) is 102 Å². The average molecular weight is 726 g/mol. The SMILES string of the molecule is c1ccc(C2(c3ccc(N(c4ccc5c6ccccc6c6ccccc6c5c4)c4cccc5c4oc4ccccc45)cc3)c3ccccc3-c3ccccc32)cc1. The molecule has 10 aromatic carbocycles. The maximum absolute atomic E-state index is 6.74. The number of hydrogen-bond acceptors (Lipinski definition) is 2. The molecule has 0 saturated heterocycles. The van der Waals surface area contributed by atoms with Gasteiger partial charge in [-0.15, -0.1) is 0 Å². The average Bonchev–Trinajstić information content (AvgIpc) is 3.82. The van der Waals surface area contributed by atoms with Crippen molar-refractivity contribution in [2.45, 2.75) is 5.41 Å². The van der Waals surface area contributed by atoms with Crippen LogP contribution in [0.3, 0.4) is 0 Å². The minimum Gasteiger partial charge on any atom is -0.454 e. The number of anilines is 3. The summed E-state index contributed by atoms with van der Waals surface area (Å²) in [6, 6.07) is 77.5. The Morgan fingerprint density at radius 2 is 0.825 bits per heavy atom. The van der Waals surface area contributed by atoms with Gasteiger partial charge in [0.2, 0.25) is 0 Å². The molecule has 0 unspecified atom stereocenters. The van der Waals surface area contributed by atoms with Gasteiger partial charge in [0.25, 0.3) is 0 Å². The van der Waals surface area contributed by atoms with Crippen LogP contribution in [0.25, 0.3) is 65.4 Å². The second-order valence-electron chi connectivity index (χ2n) is 15.2. The molecule has 266 valence electrons. The summed E-state index contributed by atoms with van der Waals surface area (Å²) >= 11 is 0. The molecule has 0 saturated carbocycles. The van der Waals surface area contributed by atoms with Crippen LogP contribution < -0.4 is 4.90 Å². The summed E-state index contributed by atoms with van der Waals surface area (Å²) < 4.78 is 6.74. The van der Waals surface area contributed by atoms with E-state index in [4.69, 9.17) is 4.42 Å². The highest BCUT2D eigenvalue weighted by atomic mass is 16.3. The van der Waals surface area contributed by atoms with Gasteiger partial charge in [0.15, 0.2) is 5.58 Å². The molecule has 1 aromatic heterocycles. The van der Waals surface area contributed by atoms with Crippen LogP contribution >= 0.6 is 0 Å². The third-order valence-electron chi connectivity index (χ3n) is 12.3. The van der Waals surface area contributed by atoms with Crippen LogP contribution in [0, 0.1) is 0 Å². The van der Waals surface area contributed by atoms with Crippen LogP contribution in [0.4, 0.5) is 17.1 Å². The summed E-state index contributed by atoms with van der Waals surface area (Å²) in [5, 5.41) is 9.72. The highest BCUT2D eigenvalue weighted by molar-refractivity contribution is 6.26. The van der Waals surface area contributed by atoms with Crippen LogP contribution in [0.5, 0.6) is 0 Å². The Morgan fingerprint density at radius 3 is 1.49 bits per heavy atom. The zero-order valence-corrected chi connectivity index (χ0v) is 31.1. The first-order valence-corrected chi connectivity index (χ1v) is 19.7. The van der Waals surface area contributed by atoms with Gasteiger partial charge in [-0.1, -0.05) is 176 Å². The van der Waals surface area contributed by atoms with Crippen molar-refractivity contribution in [2.24, 2.45) is 0 Å². The quantitative estimate of drug-likeness (QED) is 0.164. The lowest BCUT2D eigenvalue weighted by Gasteiger charge is -2.34. The van der Waals surface area contributed by atoms with Crippen LogP contribution in [0.1, 0.15) is 22.3 Å². The molecule has 11 aromatic rings. The molecule has 0 bridgehead atoms. The van der Waals surface area contributed by atoms with E-state index >= 15 is 0 Å². The van der Waals surface area contributed by atoms with Gasteiger partial charge in [-0.3, -0.25) is 0 Å². The van der Waals surface area contributed by atoms with Gasteiger partial charge < -0.3 is 9.32 Å². The van der Waals surface area contributed by atoms with E-state index < -0.39 is 5.41 Å². The van der Waals surface area contributed by atoms with E-state index in [2.05, 4.69) is 211 Å². The second kappa shape index (κ2) is 12.3. The highest BCUT2D eigenvalue weighted by Gasteiger charge is 2.45. The standard InChI is InChI=1S/C55H35NO/c1-2-15-36(16-3-1)55(50-25-11-8-21-45(50)46-22-9-12-26-51(46)55)37-29-31-38(32-30-37)56(52-27-14-24-48-47-23-10-13-28-53(47)57-54(48)52)39-33-34-44-42-19-5-4-17-40(42)41-18-6-7-20-43(41)49(44)35-39/h1-35H. The van der Waals surface area contributed by atoms with Gasteiger partial charge in [0.1, 0.15) is 5.58 Å². The van der Waals surface area contributed by atoms with Crippen molar-refractivity contribution in [1.29, 1.82) is 0 Å². The van der Waals surface area contributed by atoms with Gasteiger partial charge in [0.05, 0.1) is 11.1 Å². The number of benzene rings is 10. The fourth-order valence-corrected chi connectivity index (χ4v) is 9.94. The Hall–Kier alpha value is -7.42. The third kappa shape index (κ3) is 4.53. The van der Waals surface area contributed by atoms with Crippen LogP contribution in [0.15, 0.2) is 217 Å². The van der Waals surface area contributed by atoms with Crippen molar-refractivity contribution in [3.63, 3.8) is 0 Å². The molecule has 0 aliphatic heterocycles. The summed E-state index contributed by atoms with van der Waals surface area (Å²) in [5.74, 6) is 0. The minimum atomic E-state index is -0.473.